The number of benzene rings is 1. The summed E-state index contributed by atoms with van der Waals surface area (Å²) in [5.41, 5.74) is 8.18. The highest BCUT2D eigenvalue weighted by Gasteiger charge is 2.31. The highest BCUT2D eigenvalue weighted by molar-refractivity contribution is 7.94. The number of aryl methyl sites for hydroxylation is 1. The molecule has 0 spiro atoms. The van der Waals surface area contributed by atoms with Gasteiger partial charge in [0.25, 0.3) is 10.0 Å². The number of hydrogen-bond acceptors (Lipinski definition) is 4. The second kappa shape index (κ2) is 4.79. The number of anilines is 2. The van der Waals surface area contributed by atoms with Gasteiger partial charge in [-0.05, 0) is 48.7 Å². The molecule has 1 aliphatic heterocycles. The number of fused-ring (bicyclic) bond motifs is 1. The minimum atomic E-state index is -3.44. The van der Waals surface area contributed by atoms with E-state index in [-0.39, 0.29) is 0 Å². The predicted octanol–water partition coefficient (Wildman–Crippen LogP) is 2.64. The highest BCUT2D eigenvalue weighted by atomic mass is 32.2. The molecule has 0 bridgehead atoms. The predicted molar refractivity (Wildman–Crippen MR) is 82.8 cm³/mol. The summed E-state index contributed by atoms with van der Waals surface area (Å²) >= 11 is 1.35. The van der Waals surface area contributed by atoms with Crippen LogP contribution in [0.25, 0.3) is 0 Å². The van der Waals surface area contributed by atoms with E-state index in [2.05, 4.69) is 0 Å². The van der Waals surface area contributed by atoms with Crippen molar-refractivity contribution < 1.29 is 8.42 Å². The van der Waals surface area contributed by atoms with Crippen molar-refractivity contribution in [2.75, 3.05) is 16.6 Å². The first-order chi connectivity index (χ1) is 9.52. The van der Waals surface area contributed by atoms with Gasteiger partial charge < -0.3 is 5.73 Å². The molecule has 0 saturated heterocycles. The van der Waals surface area contributed by atoms with Gasteiger partial charge in [0.2, 0.25) is 0 Å². The van der Waals surface area contributed by atoms with Crippen LogP contribution in [-0.2, 0) is 22.9 Å². The van der Waals surface area contributed by atoms with Crippen molar-refractivity contribution in [3.63, 3.8) is 0 Å². The highest BCUT2D eigenvalue weighted by Crippen LogP contribution is 2.35. The second-order valence-electron chi connectivity index (χ2n) is 4.79. The second-order valence-corrected chi connectivity index (χ2v) is 8.05. The van der Waals surface area contributed by atoms with E-state index in [1.807, 2.05) is 19.1 Å². The van der Waals surface area contributed by atoms with Crippen molar-refractivity contribution in [3.8, 4) is 0 Å². The molecular formula is C14H16N2O2S2. The molecule has 20 heavy (non-hydrogen) atoms. The van der Waals surface area contributed by atoms with Crippen molar-refractivity contribution in [3.05, 3.63) is 40.8 Å². The van der Waals surface area contributed by atoms with Crippen LogP contribution in [0.15, 0.2) is 34.5 Å². The summed E-state index contributed by atoms with van der Waals surface area (Å²) in [5.74, 6) is 0. The molecule has 2 heterocycles. The number of nitrogens with zero attached hydrogens (tertiary/aromatic N) is 1. The molecular weight excluding hydrogens is 292 g/mol. The molecule has 0 atom stereocenters. The molecule has 1 aromatic heterocycles. The third kappa shape index (κ3) is 2.09. The van der Waals surface area contributed by atoms with Crippen LogP contribution >= 0.6 is 11.3 Å². The minimum Gasteiger partial charge on any atom is -0.399 e. The first-order valence-electron chi connectivity index (χ1n) is 6.52. The smallest absolute Gasteiger partial charge is 0.273 e. The Hall–Kier alpha value is -1.53. The van der Waals surface area contributed by atoms with Crippen LogP contribution in [0.3, 0.4) is 0 Å². The average Bonchev–Trinajstić information content (AvgIpc) is 3.04. The van der Waals surface area contributed by atoms with E-state index in [0.29, 0.717) is 22.9 Å². The van der Waals surface area contributed by atoms with Crippen LogP contribution in [0.1, 0.15) is 17.4 Å². The Morgan fingerprint density at radius 2 is 2.10 bits per heavy atom. The molecule has 1 aromatic carbocycles. The maximum Gasteiger partial charge on any atom is 0.273 e. The van der Waals surface area contributed by atoms with E-state index in [9.17, 15) is 8.42 Å². The van der Waals surface area contributed by atoms with Crippen LogP contribution in [-0.4, -0.2) is 15.0 Å². The number of rotatable bonds is 3. The van der Waals surface area contributed by atoms with Gasteiger partial charge in [-0.25, -0.2) is 8.42 Å². The Kier molecular flexibility index (Phi) is 3.22. The average molecular weight is 308 g/mol. The standard InChI is InChI=1S/C14H16N2O2S2/c1-2-12-4-6-14(19-12)20(17,18)16-8-7-10-9-11(15)3-5-13(10)16/h3-6,9H,2,7-8,15H2,1H3. The molecule has 0 fully saturated rings. The molecule has 2 aromatic rings. The Labute approximate surface area is 122 Å². The topological polar surface area (TPSA) is 63.4 Å². The third-order valence-corrected chi connectivity index (χ3v) is 7.00. The number of thiophene rings is 1. The minimum absolute atomic E-state index is 0.416. The van der Waals surface area contributed by atoms with E-state index in [1.165, 1.54) is 15.6 Å². The number of sulfonamides is 1. The molecule has 0 aliphatic carbocycles. The maximum atomic E-state index is 12.7. The normalized spacial score (nSPS) is 14.6. The fourth-order valence-electron chi connectivity index (χ4n) is 2.44. The van der Waals surface area contributed by atoms with E-state index >= 15 is 0 Å². The van der Waals surface area contributed by atoms with Crippen molar-refractivity contribution >= 4 is 32.7 Å². The van der Waals surface area contributed by atoms with E-state index < -0.39 is 10.0 Å². The molecule has 4 nitrogen and oxygen atoms in total. The largest absolute Gasteiger partial charge is 0.399 e. The molecule has 0 amide bonds. The zero-order chi connectivity index (χ0) is 14.3. The van der Waals surface area contributed by atoms with Crippen LogP contribution in [0.4, 0.5) is 11.4 Å². The van der Waals surface area contributed by atoms with Gasteiger partial charge in [0, 0.05) is 17.1 Å². The Balaban J connectivity index is 2.02. The molecule has 3 rings (SSSR count). The van der Waals surface area contributed by atoms with Crippen molar-refractivity contribution in [1.29, 1.82) is 0 Å². The number of hydrogen-bond donors (Lipinski definition) is 1. The van der Waals surface area contributed by atoms with Gasteiger partial charge in [-0.15, -0.1) is 11.3 Å². The summed E-state index contributed by atoms with van der Waals surface area (Å²) in [6.45, 7) is 2.51. The SMILES string of the molecule is CCc1ccc(S(=O)(=O)N2CCc3cc(N)ccc32)s1. The molecule has 1 aliphatic rings. The zero-order valence-corrected chi connectivity index (χ0v) is 12.8. The number of nitrogen functional groups attached to an aromatic ring is 1. The maximum absolute atomic E-state index is 12.7. The summed E-state index contributed by atoms with van der Waals surface area (Å²) < 4.78 is 27.3. The lowest BCUT2D eigenvalue weighted by atomic mass is 10.1. The zero-order valence-electron chi connectivity index (χ0n) is 11.2. The van der Waals surface area contributed by atoms with Crippen LogP contribution in [0.2, 0.25) is 0 Å². The molecule has 2 N–H and O–H groups in total. The van der Waals surface area contributed by atoms with E-state index in [0.717, 1.165) is 22.5 Å². The fourth-order valence-corrected chi connectivity index (χ4v) is 5.35. The summed E-state index contributed by atoms with van der Waals surface area (Å²) in [7, 11) is -3.44. The van der Waals surface area contributed by atoms with Crippen LogP contribution < -0.4 is 10.0 Å². The Bertz CT molecular complexity index is 750. The summed E-state index contributed by atoms with van der Waals surface area (Å²) in [6, 6.07) is 8.99. The Morgan fingerprint density at radius 3 is 2.80 bits per heavy atom. The van der Waals surface area contributed by atoms with Crippen molar-refractivity contribution in [2.24, 2.45) is 0 Å². The lowest BCUT2D eigenvalue weighted by Gasteiger charge is -2.18. The van der Waals surface area contributed by atoms with Gasteiger partial charge in [0.15, 0.2) is 0 Å². The molecule has 0 unspecified atom stereocenters. The summed E-state index contributed by atoms with van der Waals surface area (Å²) in [4.78, 5) is 1.08. The first-order valence-corrected chi connectivity index (χ1v) is 8.78. The monoisotopic (exact) mass is 308 g/mol. The van der Waals surface area contributed by atoms with Crippen molar-refractivity contribution in [2.45, 2.75) is 24.0 Å². The third-order valence-electron chi connectivity index (χ3n) is 3.49. The first kappa shape index (κ1) is 13.5. The molecule has 0 saturated carbocycles. The molecule has 106 valence electrons. The Morgan fingerprint density at radius 1 is 1.30 bits per heavy atom. The van der Waals surface area contributed by atoms with Gasteiger partial charge in [-0.2, -0.15) is 0 Å². The molecule has 0 radical (unpaired) electrons. The van der Waals surface area contributed by atoms with Crippen molar-refractivity contribution in [1.82, 2.24) is 0 Å². The van der Waals surface area contributed by atoms with Crippen LogP contribution in [0.5, 0.6) is 0 Å². The van der Waals surface area contributed by atoms with Crippen LogP contribution in [0, 0.1) is 0 Å². The fraction of sp³-hybridized carbons (Fsp3) is 0.286. The lowest BCUT2D eigenvalue weighted by molar-refractivity contribution is 0.594. The van der Waals surface area contributed by atoms with Gasteiger partial charge in [0.1, 0.15) is 4.21 Å². The lowest BCUT2D eigenvalue weighted by Crippen LogP contribution is -2.28. The summed E-state index contributed by atoms with van der Waals surface area (Å²) in [6.07, 6.45) is 1.57. The van der Waals surface area contributed by atoms with E-state index in [1.54, 1.807) is 18.2 Å². The van der Waals surface area contributed by atoms with Gasteiger partial charge in [-0.3, -0.25) is 4.31 Å². The van der Waals surface area contributed by atoms with Gasteiger partial charge in [-0.1, -0.05) is 6.92 Å². The quantitative estimate of drug-likeness (QED) is 0.887. The van der Waals surface area contributed by atoms with Gasteiger partial charge >= 0.3 is 0 Å². The summed E-state index contributed by atoms with van der Waals surface area (Å²) in [5, 5.41) is 0. The van der Waals surface area contributed by atoms with E-state index in [4.69, 9.17) is 5.73 Å². The molecule has 6 heteroatoms. The number of nitrogens with two attached hydrogens (primary N) is 1. The van der Waals surface area contributed by atoms with Gasteiger partial charge in [0.05, 0.1) is 5.69 Å².